The highest BCUT2D eigenvalue weighted by Gasteiger charge is 2.28. The highest BCUT2D eigenvalue weighted by atomic mass is 35.5. The summed E-state index contributed by atoms with van der Waals surface area (Å²) in [6.45, 7) is 4.28. The molecule has 3 nitrogen and oxygen atoms in total. The fourth-order valence-electron chi connectivity index (χ4n) is 2.30. The van der Waals surface area contributed by atoms with Crippen LogP contribution in [-0.4, -0.2) is 18.0 Å². The van der Waals surface area contributed by atoms with E-state index in [0.717, 1.165) is 38.5 Å². The van der Waals surface area contributed by atoms with Crippen molar-refractivity contribution in [2.45, 2.75) is 64.5 Å². The van der Waals surface area contributed by atoms with E-state index in [4.69, 9.17) is 5.73 Å². The topological polar surface area (TPSA) is 55.1 Å². The molecular formula is C12H25ClN2O. The SMILES string of the molecule is CCCC(CC)NC(=O)C1CCC(N)C1.Cl. The Kier molecular flexibility index (Phi) is 7.77. The van der Waals surface area contributed by atoms with E-state index in [9.17, 15) is 4.79 Å². The lowest BCUT2D eigenvalue weighted by Gasteiger charge is -2.18. The van der Waals surface area contributed by atoms with Crippen molar-refractivity contribution in [2.24, 2.45) is 11.7 Å². The Bertz CT molecular complexity index is 211. The molecule has 0 saturated heterocycles. The molecule has 4 heteroatoms. The second kappa shape index (κ2) is 7.91. The number of rotatable bonds is 5. The number of nitrogens with one attached hydrogen (secondary N) is 1. The maximum Gasteiger partial charge on any atom is 0.223 e. The number of carbonyl (C=O) groups excluding carboxylic acids is 1. The van der Waals surface area contributed by atoms with Crippen molar-refractivity contribution < 1.29 is 4.79 Å². The summed E-state index contributed by atoms with van der Waals surface area (Å²) in [5, 5.41) is 3.14. The van der Waals surface area contributed by atoms with Crippen LogP contribution in [0.2, 0.25) is 0 Å². The number of hydrogen-bond acceptors (Lipinski definition) is 2. The molecule has 0 aromatic carbocycles. The van der Waals surface area contributed by atoms with Crippen LogP contribution < -0.4 is 11.1 Å². The maximum absolute atomic E-state index is 11.9. The van der Waals surface area contributed by atoms with Gasteiger partial charge in [-0.15, -0.1) is 12.4 Å². The predicted octanol–water partition coefficient (Wildman–Crippen LogP) is 2.23. The lowest BCUT2D eigenvalue weighted by Crippen LogP contribution is -2.38. The molecule has 0 bridgehead atoms. The van der Waals surface area contributed by atoms with E-state index in [1.165, 1.54) is 0 Å². The molecule has 0 radical (unpaired) electrons. The standard InChI is InChI=1S/C12H24N2O.ClH/c1-3-5-11(4-2)14-12(15)9-6-7-10(13)8-9;/h9-11H,3-8,13H2,1-2H3,(H,14,15);1H. The van der Waals surface area contributed by atoms with Crippen LogP contribution in [-0.2, 0) is 4.79 Å². The summed E-state index contributed by atoms with van der Waals surface area (Å²) >= 11 is 0. The predicted molar refractivity (Wildman–Crippen MR) is 69.7 cm³/mol. The zero-order valence-corrected chi connectivity index (χ0v) is 11.2. The zero-order valence-electron chi connectivity index (χ0n) is 10.4. The molecular weight excluding hydrogens is 224 g/mol. The molecule has 0 heterocycles. The number of carbonyl (C=O) groups is 1. The third kappa shape index (κ3) is 4.71. The average molecular weight is 249 g/mol. The van der Waals surface area contributed by atoms with Gasteiger partial charge in [0.1, 0.15) is 0 Å². The second-order valence-electron chi connectivity index (χ2n) is 4.67. The number of hydrogen-bond donors (Lipinski definition) is 2. The minimum absolute atomic E-state index is 0. The third-order valence-corrected chi connectivity index (χ3v) is 3.32. The van der Waals surface area contributed by atoms with E-state index in [2.05, 4.69) is 19.2 Å². The molecule has 0 aromatic rings. The summed E-state index contributed by atoms with van der Waals surface area (Å²) in [6, 6.07) is 0.603. The van der Waals surface area contributed by atoms with Gasteiger partial charge in [0.2, 0.25) is 5.91 Å². The van der Waals surface area contributed by atoms with Gasteiger partial charge in [0.25, 0.3) is 0 Å². The molecule has 96 valence electrons. The molecule has 1 saturated carbocycles. The van der Waals surface area contributed by atoms with Gasteiger partial charge in [-0.2, -0.15) is 0 Å². The highest BCUT2D eigenvalue weighted by Crippen LogP contribution is 2.24. The Hall–Kier alpha value is -0.280. The molecule has 3 N–H and O–H groups in total. The summed E-state index contributed by atoms with van der Waals surface area (Å²) in [5.41, 5.74) is 5.80. The van der Waals surface area contributed by atoms with Crippen LogP contribution in [0.4, 0.5) is 0 Å². The fourth-order valence-corrected chi connectivity index (χ4v) is 2.30. The molecule has 1 aliphatic rings. The normalized spacial score (nSPS) is 25.9. The lowest BCUT2D eigenvalue weighted by atomic mass is 10.0. The molecule has 16 heavy (non-hydrogen) atoms. The molecule has 1 rings (SSSR count). The van der Waals surface area contributed by atoms with Gasteiger partial charge in [-0.25, -0.2) is 0 Å². The van der Waals surface area contributed by atoms with Crippen molar-refractivity contribution in [2.75, 3.05) is 0 Å². The van der Waals surface area contributed by atoms with Gasteiger partial charge in [0, 0.05) is 18.0 Å². The summed E-state index contributed by atoms with van der Waals surface area (Å²) in [6.07, 6.45) is 6.08. The molecule has 0 spiro atoms. The van der Waals surface area contributed by atoms with Gasteiger partial charge >= 0.3 is 0 Å². The minimum Gasteiger partial charge on any atom is -0.353 e. The van der Waals surface area contributed by atoms with Crippen molar-refractivity contribution in [3.63, 3.8) is 0 Å². The first-order valence-electron chi connectivity index (χ1n) is 6.23. The molecule has 3 atom stereocenters. The fraction of sp³-hybridized carbons (Fsp3) is 0.917. The summed E-state index contributed by atoms with van der Waals surface area (Å²) in [7, 11) is 0. The third-order valence-electron chi connectivity index (χ3n) is 3.32. The molecule has 1 amide bonds. The molecule has 0 aliphatic heterocycles. The molecule has 1 fully saturated rings. The van der Waals surface area contributed by atoms with Crippen LogP contribution >= 0.6 is 12.4 Å². The Morgan fingerprint density at radius 2 is 2.12 bits per heavy atom. The molecule has 0 aromatic heterocycles. The van der Waals surface area contributed by atoms with E-state index in [0.29, 0.717) is 6.04 Å². The Morgan fingerprint density at radius 1 is 1.44 bits per heavy atom. The number of halogens is 1. The van der Waals surface area contributed by atoms with Crippen LogP contribution in [0.25, 0.3) is 0 Å². The maximum atomic E-state index is 11.9. The Labute approximate surface area is 105 Å². The first-order chi connectivity index (χ1) is 7.17. The van der Waals surface area contributed by atoms with Gasteiger partial charge in [-0.3, -0.25) is 4.79 Å². The van der Waals surface area contributed by atoms with Crippen LogP contribution in [0.1, 0.15) is 52.4 Å². The van der Waals surface area contributed by atoms with Crippen molar-refractivity contribution >= 4 is 18.3 Å². The van der Waals surface area contributed by atoms with E-state index in [-0.39, 0.29) is 30.3 Å². The van der Waals surface area contributed by atoms with Crippen LogP contribution in [0, 0.1) is 5.92 Å². The van der Waals surface area contributed by atoms with Gasteiger partial charge in [0.05, 0.1) is 0 Å². The monoisotopic (exact) mass is 248 g/mol. The van der Waals surface area contributed by atoms with Gasteiger partial charge in [-0.05, 0) is 32.1 Å². The zero-order chi connectivity index (χ0) is 11.3. The van der Waals surface area contributed by atoms with Crippen molar-refractivity contribution in [1.29, 1.82) is 0 Å². The van der Waals surface area contributed by atoms with E-state index >= 15 is 0 Å². The van der Waals surface area contributed by atoms with Crippen LogP contribution in [0.3, 0.4) is 0 Å². The summed E-state index contributed by atoms with van der Waals surface area (Å²) in [5.74, 6) is 0.397. The van der Waals surface area contributed by atoms with Gasteiger partial charge in [-0.1, -0.05) is 20.3 Å². The number of nitrogens with two attached hydrogens (primary N) is 1. The lowest BCUT2D eigenvalue weighted by molar-refractivity contribution is -0.125. The van der Waals surface area contributed by atoms with Crippen LogP contribution in [0.5, 0.6) is 0 Å². The average Bonchev–Trinajstić information content (AvgIpc) is 2.64. The Balaban J connectivity index is 0.00000225. The van der Waals surface area contributed by atoms with Crippen molar-refractivity contribution in [3.8, 4) is 0 Å². The van der Waals surface area contributed by atoms with E-state index in [1.54, 1.807) is 0 Å². The molecule has 3 unspecified atom stereocenters. The van der Waals surface area contributed by atoms with Crippen molar-refractivity contribution in [3.05, 3.63) is 0 Å². The second-order valence-corrected chi connectivity index (χ2v) is 4.67. The first kappa shape index (κ1) is 15.7. The summed E-state index contributed by atoms with van der Waals surface area (Å²) in [4.78, 5) is 11.9. The van der Waals surface area contributed by atoms with Gasteiger partial charge < -0.3 is 11.1 Å². The number of amides is 1. The first-order valence-corrected chi connectivity index (χ1v) is 6.23. The van der Waals surface area contributed by atoms with Crippen LogP contribution in [0.15, 0.2) is 0 Å². The molecule has 1 aliphatic carbocycles. The van der Waals surface area contributed by atoms with E-state index in [1.807, 2.05) is 0 Å². The van der Waals surface area contributed by atoms with Gasteiger partial charge in [0.15, 0.2) is 0 Å². The summed E-state index contributed by atoms with van der Waals surface area (Å²) < 4.78 is 0. The largest absolute Gasteiger partial charge is 0.353 e. The Morgan fingerprint density at radius 3 is 2.56 bits per heavy atom. The quantitative estimate of drug-likeness (QED) is 0.784. The van der Waals surface area contributed by atoms with Crippen molar-refractivity contribution in [1.82, 2.24) is 5.32 Å². The highest BCUT2D eigenvalue weighted by molar-refractivity contribution is 5.85. The van der Waals surface area contributed by atoms with E-state index < -0.39 is 0 Å². The smallest absolute Gasteiger partial charge is 0.223 e. The minimum atomic E-state index is 0.